The van der Waals surface area contributed by atoms with Crippen LogP contribution in [0.1, 0.15) is 16.2 Å². The van der Waals surface area contributed by atoms with E-state index in [1.165, 1.54) is 0 Å². The van der Waals surface area contributed by atoms with E-state index < -0.39 is 5.97 Å². The molecule has 0 bridgehead atoms. The Balaban J connectivity index is 1.98. The van der Waals surface area contributed by atoms with E-state index in [9.17, 15) is 9.90 Å². The fourth-order valence-corrected chi connectivity index (χ4v) is 2.59. The summed E-state index contributed by atoms with van der Waals surface area (Å²) >= 11 is 3.30. The first-order valence-electron chi connectivity index (χ1n) is 5.79. The summed E-state index contributed by atoms with van der Waals surface area (Å²) in [5.74, 6) is -0.0751. The number of benzene rings is 1. The fourth-order valence-electron chi connectivity index (χ4n) is 2.23. The molecule has 0 spiro atoms. The molecule has 19 heavy (non-hydrogen) atoms. The minimum atomic E-state index is -0.927. The Bertz CT molecular complexity index is 640. The molecular weight excluding hydrogens is 312 g/mol. The number of hydrogen-bond acceptors (Lipinski definition) is 4. The van der Waals surface area contributed by atoms with E-state index in [1.54, 1.807) is 12.4 Å². The van der Waals surface area contributed by atoms with Crippen molar-refractivity contribution in [2.75, 3.05) is 11.4 Å². The highest BCUT2D eigenvalue weighted by Gasteiger charge is 2.22. The van der Waals surface area contributed by atoms with Crippen LogP contribution in [-0.2, 0) is 13.1 Å². The van der Waals surface area contributed by atoms with Gasteiger partial charge in [0.2, 0.25) is 0 Å². The molecule has 1 aromatic heterocycles. The molecule has 1 aliphatic rings. The van der Waals surface area contributed by atoms with Crippen LogP contribution in [0.25, 0.3) is 0 Å². The topological polar surface area (TPSA) is 71.2 Å². The molecule has 0 fully saturated rings. The van der Waals surface area contributed by atoms with Crippen LogP contribution in [0.4, 0.5) is 5.69 Å². The maximum absolute atomic E-state index is 11.3. The van der Waals surface area contributed by atoms with Crippen molar-refractivity contribution >= 4 is 27.6 Å². The van der Waals surface area contributed by atoms with Crippen LogP contribution >= 0.6 is 15.9 Å². The molecule has 7 heteroatoms. The largest absolute Gasteiger partial charge is 0.478 e. The molecule has 0 amide bonds. The Labute approximate surface area is 117 Å². The van der Waals surface area contributed by atoms with Gasteiger partial charge in [0.15, 0.2) is 5.82 Å². The van der Waals surface area contributed by atoms with Gasteiger partial charge in [0.05, 0.1) is 17.8 Å². The van der Waals surface area contributed by atoms with Crippen molar-refractivity contribution in [3.8, 4) is 0 Å². The summed E-state index contributed by atoms with van der Waals surface area (Å²) in [4.78, 5) is 13.3. The fraction of sp³-hybridized carbons (Fsp3) is 0.250. The third kappa shape index (κ3) is 2.21. The Morgan fingerprint density at radius 3 is 3.00 bits per heavy atom. The van der Waals surface area contributed by atoms with Crippen LogP contribution in [0.2, 0.25) is 0 Å². The SMILES string of the molecule is O=C(O)c1cc(Br)ccc1N1CCn2cnnc2C1. The van der Waals surface area contributed by atoms with Gasteiger partial charge in [-0.3, -0.25) is 0 Å². The zero-order chi connectivity index (χ0) is 13.4. The highest BCUT2D eigenvalue weighted by molar-refractivity contribution is 9.10. The normalized spacial score (nSPS) is 14.3. The van der Waals surface area contributed by atoms with Gasteiger partial charge >= 0.3 is 5.97 Å². The first-order valence-corrected chi connectivity index (χ1v) is 6.59. The number of anilines is 1. The van der Waals surface area contributed by atoms with E-state index in [2.05, 4.69) is 26.1 Å². The van der Waals surface area contributed by atoms with Crippen molar-refractivity contribution in [2.45, 2.75) is 13.1 Å². The van der Waals surface area contributed by atoms with Gasteiger partial charge in [0.1, 0.15) is 6.33 Å². The number of hydrogen-bond donors (Lipinski definition) is 1. The highest BCUT2D eigenvalue weighted by Crippen LogP contribution is 2.27. The molecule has 0 saturated carbocycles. The zero-order valence-electron chi connectivity index (χ0n) is 9.95. The van der Waals surface area contributed by atoms with Crippen LogP contribution < -0.4 is 4.90 Å². The molecule has 0 aliphatic carbocycles. The van der Waals surface area contributed by atoms with E-state index in [1.807, 2.05) is 21.6 Å². The Morgan fingerprint density at radius 2 is 2.21 bits per heavy atom. The number of nitrogens with zero attached hydrogens (tertiary/aromatic N) is 4. The number of rotatable bonds is 2. The Hall–Kier alpha value is -1.89. The van der Waals surface area contributed by atoms with Crippen LogP contribution in [0.15, 0.2) is 29.0 Å². The van der Waals surface area contributed by atoms with Crippen LogP contribution in [0.3, 0.4) is 0 Å². The lowest BCUT2D eigenvalue weighted by atomic mass is 10.1. The molecular formula is C12H11BrN4O2. The summed E-state index contributed by atoms with van der Waals surface area (Å²) in [7, 11) is 0. The number of carboxylic acid groups (broad SMARTS) is 1. The minimum absolute atomic E-state index is 0.294. The molecule has 0 unspecified atom stereocenters. The van der Waals surface area contributed by atoms with Crippen molar-refractivity contribution in [3.05, 3.63) is 40.4 Å². The summed E-state index contributed by atoms with van der Waals surface area (Å²) in [6.45, 7) is 2.08. The predicted molar refractivity (Wildman–Crippen MR) is 72.2 cm³/mol. The smallest absolute Gasteiger partial charge is 0.337 e. The van der Waals surface area contributed by atoms with Gasteiger partial charge in [-0.15, -0.1) is 10.2 Å². The van der Waals surface area contributed by atoms with Crippen LogP contribution in [0, 0.1) is 0 Å². The van der Waals surface area contributed by atoms with Gasteiger partial charge in [-0.2, -0.15) is 0 Å². The standard InChI is InChI=1S/C12H11BrN4O2/c13-8-1-2-10(9(5-8)12(18)19)16-3-4-17-7-14-15-11(17)6-16/h1-2,5,7H,3-4,6H2,(H,18,19). The number of carboxylic acids is 1. The second kappa shape index (κ2) is 4.65. The summed E-state index contributed by atoms with van der Waals surface area (Å²) in [6, 6.07) is 5.29. The first-order chi connectivity index (χ1) is 9.15. The van der Waals surface area contributed by atoms with Crippen molar-refractivity contribution in [1.82, 2.24) is 14.8 Å². The second-order valence-corrected chi connectivity index (χ2v) is 5.24. The number of aromatic nitrogens is 3. The molecule has 98 valence electrons. The van der Waals surface area contributed by atoms with E-state index in [0.29, 0.717) is 17.8 Å². The average molecular weight is 323 g/mol. The highest BCUT2D eigenvalue weighted by atomic mass is 79.9. The lowest BCUT2D eigenvalue weighted by molar-refractivity contribution is 0.0697. The zero-order valence-corrected chi connectivity index (χ0v) is 11.5. The predicted octanol–water partition coefficient (Wildman–Crippen LogP) is 1.76. The molecule has 1 aliphatic heterocycles. The third-order valence-electron chi connectivity index (χ3n) is 3.17. The van der Waals surface area contributed by atoms with Crippen LogP contribution in [0.5, 0.6) is 0 Å². The van der Waals surface area contributed by atoms with E-state index in [0.717, 1.165) is 23.4 Å². The Morgan fingerprint density at radius 1 is 1.37 bits per heavy atom. The van der Waals surface area contributed by atoms with Crippen LogP contribution in [-0.4, -0.2) is 32.4 Å². The summed E-state index contributed by atoms with van der Waals surface area (Å²) in [5.41, 5.74) is 1.01. The van der Waals surface area contributed by atoms with E-state index in [4.69, 9.17) is 0 Å². The molecule has 1 N–H and O–H groups in total. The molecule has 1 aromatic carbocycles. The summed E-state index contributed by atoms with van der Waals surface area (Å²) < 4.78 is 2.74. The van der Waals surface area contributed by atoms with Gasteiger partial charge in [-0.05, 0) is 18.2 Å². The number of aromatic carboxylic acids is 1. The third-order valence-corrected chi connectivity index (χ3v) is 3.66. The van der Waals surface area contributed by atoms with Gasteiger partial charge in [0, 0.05) is 17.6 Å². The van der Waals surface area contributed by atoms with Crippen molar-refractivity contribution in [2.24, 2.45) is 0 Å². The Kier molecular flexibility index (Phi) is 2.98. The number of carbonyl (C=O) groups is 1. The quantitative estimate of drug-likeness (QED) is 0.912. The van der Waals surface area contributed by atoms with E-state index in [-0.39, 0.29) is 0 Å². The van der Waals surface area contributed by atoms with Gasteiger partial charge in [0.25, 0.3) is 0 Å². The van der Waals surface area contributed by atoms with Crippen molar-refractivity contribution in [3.63, 3.8) is 0 Å². The average Bonchev–Trinajstić information content (AvgIpc) is 2.85. The van der Waals surface area contributed by atoms with Crippen molar-refractivity contribution < 1.29 is 9.90 Å². The number of fused-ring (bicyclic) bond motifs is 1. The van der Waals surface area contributed by atoms with Gasteiger partial charge in [-0.25, -0.2) is 4.79 Å². The maximum Gasteiger partial charge on any atom is 0.337 e. The molecule has 0 saturated heterocycles. The minimum Gasteiger partial charge on any atom is -0.478 e. The molecule has 6 nitrogen and oxygen atoms in total. The molecule has 0 radical (unpaired) electrons. The molecule has 2 aromatic rings. The monoisotopic (exact) mass is 322 g/mol. The number of halogens is 1. The second-order valence-electron chi connectivity index (χ2n) is 4.33. The van der Waals surface area contributed by atoms with E-state index >= 15 is 0 Å². The summed E-state index contributed by atoms with van der Waals surface area (Å²) in [5, 5.41) is 17.2. The van der Waals surface area contributed by atoms with Crippen molar-refractivity contribution in [1.29, 1.82) is 0 Å². The first kappa shape index (κ1) is 12.2. The van der Waals surface area contributed by atoms with Gasteiger partial charge < -0.3 is 14.6 Å². The lowest BCUT2D eigenvalue weighted by Gasteiger charge is -2.30. The molecule has 2 heterocycles. The summed E-state index contributed by atoms with van der Waals surface area (Å²) in [6.07, 6.45) is 1.70. The lowest BCUT2D eigenvalue weighted by Crippen LogP contribution is -2.34. The maximum atomic E-state index is 11.3. The van der Waals surface area contributed by atoms with Gasteiger partial charge in [-0.1, -0.05) is 15.9 Å². The molecule has 3 rings (SSSR count). The molecule has 0 atom stereocenters.